The van der Waals surface area contributed by atoms with E-state index in [0.717, 1.165) is 24.8 Å². The maximum absolute atomic E-state index is 9.56. The van der Waals surface area contributed by atoms with Crippen LogP contribution in [0.2, 0.25) is 0 Å². The molecule has 7 heteroatoms. The molecule has 0 unspecified atom stereocenters. The van der Waals surface area contributed by atoms with Gasteiger partial charge in [0, 0.05) is 25.7 Å². The van der Waals surface area contributed by atoms with Gasteiger partial charge in [-0.1, -0.05) is 6.08 Å². The zero-order chi connectivity index (χ0) is 16.9. The zero-order valence-electron chi connectivity index (χ0n) is 13.6. The van der Waals surface area contributed by atoms with Gasteiger partial charge in [0.1, 0.15) is 23.2 Å². The lowest BCUT2D eigenvalue weighted by Gasteiger charge is -2.27. The molecule has 1 fully saturated rings. The van der Waals surface area contributed by atoms with Crippen LogP contribution in [0.3, 0.4) is 0 Å². The van der Waals surface area contributed by atoms with Crippen molar-refractivity contribution < 1.29 is 9.15 Å². The quantitative estimate of drug-likeness (QED) is 0.620. The predicted molar refractivity (Wildman–Crippen MR) is 90.2 cm³/mol. The highest BCUT2D eigenvalue weighted by Gasteiger charge is 2.21. The van der Waals surface area contributed by atoms with Crippen molar-refractivity contribution in [1.82, 2.24) is 14.8 Å². The number of nitrogens with zero attached hydrogens (tertiary/aromatic N) is 5. The average molecular weight is 325 g/mol. The molecule has 0 bridgehead atoms. The van der Waals surface area contributed by atoms with Crippen molar-refractivity contribution in [3.05, 3.63) is 42.1 Å². The maximum Gasteiger partial charge on any atom is 0.227 e. The number of aryl methyl sites for hydroxylation is 1. The summed E-state index contributed by atoms with van der Waals surface area (Å²) in [6.45, 7) is 8.98. The van der Waals surface area contributed by atoms with Crippen LogP contribution in [0.1, 0.15) is 17.3 Å². The molecular weight excluding hydrogens is 306 g/mol. The smallest absolute Gasteiger partial charge is 0.227 e. The molecule has 0 aromatic carbocycles. The van der Waals surface area contributed by atoms with Crippen molar-refractivity contribution in [3.63, 3.8) is 0 Å². The van der Waals surface area contributed by atoms with Crippen LogP contribution in [0.25, 0.3) is 11.6 Å². The van der Waals surface area contributed by atoms with Gasteiger partial charge in [-0.25, -0.2) is 0 Å². The summed E-state index contributed by atoms with van der Waals surface area (Å²) < 4.78 is 12.8. The Bertz CT molecular complexity index is 790. The maximum atomic E-state index is 9.56. The largest absolute Gasteiger partial charge is 0.462 e. The van der Waals surface area contributed by atoms with Crippen LogP contribution in [0.4, 0.5) is 5.95 Å². The van der Waals surface area contributed by atoms with Crippen LogP contribution in [0, 0.1) is 18.3 Å². The summed E-state index contributed by atoms with van der Waals surface area (Å²) in [5.41, 5.74) is 0.401. The number of ether oxygens (including phenoxy) is 1. The molecule has 1 aliphatic heterocycles. The van der Waals surface area contributed by atoms with Crippen molar-refractivity contribution >= 4 is 17.6 Å². The number of hydrogen-bond donors (Lipinski definition) is 0. The summed E-state index contributed by atoms with van der Waals surface area (Å²) >= 11 is 0. The highest BCUT2D eigenvalue weighted by Crippen LogP contribution is 2.22. The van der Waals surface area contributed by atoms with Gasteiger partial charge < -0.3 is 14.1 Å². The zero-order valence-corrected chi connectivity index (χ0v) is 13.6. The molecule has 0 saturated carbocycles. The van der Waals surface area contributed by atoms with Gasteiger partial charge in [0.05, 0.1) is 13.2 Å². The van der Waals surface area contributed by atoms with Gasteiger partial charge in [0.15, 0.2) is 5.82 Å². The topological polar surface area (TPSA) is 80.1 Å². The summed E-state index contributed by atoms with van der Waals surface area (Å²) in [6.07, 6.45) is 3.45. The Kier molecular flexibility index (Phi) is 4.77. The molecule has 0 spiro atoms. The highest BCUT2D eigenvalue weighted by molar-refractivity contribution is 5.86. The predicted octanol–water partition coefficient (Wildman–Crippen LogP) is 2.27. The lowest BCUT2D eigenvalue weighted by molar-refractivity contribution is 0.121. The summed E-state index contributed by atoms with van der Waals surface area (Å²) in [4.78, 5) is 2.11. The first kappa shape index (κ1) is 16.0. The van der Waals surface area contributed by atoms with Gasteiger partial charge >= 0.3 is 0 Å². The number of anilines is 1. The van der Waals surface area contributed by atoms with Crippen LogP contribution in [-0.2, 0) is 11.3 Å². The second kappa shape index (κ2) is 7.15. The first-order valence-corrected chi connectivity index (χ1v) is 7.78. The van der Waals surface area contributed by atoms with Crippen molar-refractivity contribution in [3.8, 4) is 6.07 Å². The number of nitriles is 1. The second-order valence-corrected chi connectivity index (χ2v) is 5.44. The van der Waals surface area contributed by atoms with Crippen molar-refractivity contribution in [2.75, 3.05) is 31.2 Å². The molecule has 3 rings (SSSR count). The first-order valence-electron chi connectivity index (χ1n) is 7.78. The molecule has 1 saturated heterocycles. The Labute approximate surface area is 140 Å². The fraction of sp³-hybridized carbons (Fsp3) is 0.353. The van der Waals surface area contributed by atoms with E-state index in [9.17, 15) is 5.26 Å². The van der Waals surface area contributed by atoms with E-state index in [-0.39, 0.29) is 0 Å². The molecule has 24 heavy (non-hydrogen) atoms. The van der Waals surface area contributed by atoms with E-state index in [4.69, 9.17) is 9.15 Å². The standard InChI is InChI=1S/C17H19N5O2/c1-3-6-22-16(14(12-18)11-15-5-4-13(2)24-15)19-20-17(22)21-7-9-23-10-8-21/h3-5,11H,1,6-10H2,2H3/b14-11+. The third-order valence-corrected chi connectivity index (χ3v) is 3.75. The molecule has 0 amide bonds. The summed E-state index contributed by atoms with van der Waals surface area (Å²) in [5.74, 6) is 2.64. The van der Waals surface area contributed by atoms with Gasteiger partial charge in [0.25, 0.3) is 0 Å². The number of furan rings is 1. The van der Waals surface area contributed by atoms with Gasteiger partial charge in [-0.05, 0) is 19.1 Å². The van der Waals surface area contributed by atoms with Crippen molar-refractivity contribution in [2.45, 2.75) is 13.5 Å². The molecule has 124 valence electrons. The fourth-order valence-electron chi connectivity index (χ4n) is 2.61. The lowest BCUT2D eigenvalue weighted by Crippen LogP contribution is -2.38. The van der Waals surface area contributed by atoms with Crippen LogP contribution in [0.5, 0.6) is 0 Å². The third-order valence-electron chi connectivity index (χ3n) is 3.75. The Hall–Kier alpha value is -2.85. The number of morpholine rings is 1. The molecule has 0 aliphatic carbocycles. The molecule has 2 aromatic rings. The molecular formula is C17H19N5O2. The lowest BCUT2D eigenvalue weighted by atomic mass is 10.2. The Morgan fingerprint density at radius 3 is 2.79 bits per heavy atom. The Morgan fingerprint density at radius 1 is 1.38 bits per heavy atom. The summed E-state index contributed by atoms with van der Waals surface area (Å²) in [7, 11) is 0. The van der Waals surface area contributed by atoms with Crippen LogP contribution in [-0.4, -0.2) is 41.1 Å². The van der Waals surface area contributed by atoms with Crippen LogP contribution in [0.15, 0.2) is 29.2 Å². The van der Waals surface area contributed by atoms with Crippen LogP contribution >= 0.6 is 0 Å². The first-order chi connectivity index (χ1) is 11.7. The highest BCUT2D eigenvalue weighted by atomic mass is 16.5. The van der Waals surface area contributed by atoms with E-state index >= 15 is 0 Å². The van der Waals surface area contributed by atoms with E-state index in [1.807, 2.05) is 23.6 Å². The fourth-order valence-corrected chi connectivity index (χ4v) is 2.61. The van der Waals surface area contributed by atoms with Gasteiger partial charge in [-0.2, -0.15) is 5.26 Å². The van der Waals surface area contributed by atoms with E-state index in [1.165, 1.54) is 0 Å². The molecule has 0 radical (unpaired) electrons. The van der Waals surface area contributed by atoms with Crippen molar-refractivity contribution in [2.24, 2.45) is 0 Å². The van der Waals surface area contributed by atoms with E-state index in [2.05, 4.69) is 27.7 Å². The SMILES string of the molecule is C=CCn1c(/C(C#N)=C/c2ccc(C)o2)nnc1N1CCOCC1. The molecule has 3 heterocycles. The number of aromatic nitrogens is 3. The number of rotatable bonds is 5. The monoisotopic (exact) mass is 325 g/mol. The molecule has 0 N–H and O–H groups in total. The van der Waals surface area contributed by atoms with Crippen LogP contribution < -0.4 is 4.90 Å². The number of allylic oxidation sites excluding steroid dienone is 2. The average Bonchev–Trinajstić information content (AvgIpc) is 3.20. The Balaban J connectivity index is 1.99. The second-order valence-electron chi connectivity index (χ2n) is 5.44. The van der Waals surface area contributed by atoms with E-state index in [0.29, 0.717) is 36.9 Å². The molecule has 0 atom stereocenters. The molecule has 2 aromatic heterocycles. The molecule has 1 aliphatic rings. The van der Waals surface area contributed by atoms with E-state index in [1.54, 1.807) is 12.2 Å². The summed E-state index contributed by atoms with van der Waals surface area (Å²) in [6, 6.07) is 5.87. The van der Waals surface area contributed by atoms with Gasteiger partial charge in [-0.3, -0.25) is 4.57 Å². The number of hydrogen-bond acceptors (Lipinski definition) is 6. The molecule has 7 nitrogen and oxygen atoms in total. The minimum absolute atomic E-state index is 0.401. The minimum Gasteiger partial charge on any atom is -0.462 e. The minimum atomic E-state index is 0.401. The van der Waals surface area contributed by atoms with E-state index < -0.39 is 0 Å². The van der Waals surface area contributed by atoms with Crippen molar-refractivity contribution in [1.29, 1.82) is 5.26 Å². The Morgan fingerprint density at radius 2 is 2.17 bits per heavy atom. The summed E-state index contributed by atoms with van der Waals surface area (Å²) in [5, 5.41) is 18.1. The third kappa shape index (κ3) is 3.24. The van der Waals surface area contributed by atoms with Gasteiger partial charge in [-0.15, -0.1) is 16.8 Å². The van der Waals surface area contributed by atoms with Gasteiger partial charge in [0.2, 0.25) is 5.95 Å². The normalized spacial score (nSPS) is 15.3.